The highest BCUT2D eigenvalue weighted by Crippen LogP contribution is 2.25. The van der Waals surface area contributed by atoms with Crippen molar-refractivity contribution < 1.29 is 4.74 Å². The van der Waals surface area contributed by atoms with Crippen LogP contribution in [0.15, 0.2) is 17.1 Å². The van der Waals surface area contributed by atoms with Gasteiger partial charge in [0.1, 0.15) is 0 Å². The number of hydrogen-bond donors (Lipinski definition) is 2. The minimum absolute atomic E-state index is 0.160. The number of aliphatic imine (C=N–C) groups is 1. The van der Waals surface area contributed by atoms with E-state index in [-0.39, 0.29) is 6.10 Å². The van der Waals surface area contributed by atoms with E-state index >= 15 is 0 Å². The van der Waals surface area contributed by atoms with Crippen molar-refractivity contribution in [1.82, 2.24) is 5.32 Å². The second kappa shape index (κ2) is 6.23. The summed E-state index contributed by atoms with van der Waals surface area (Å²) in [5, 5.41) is 3.31. The lowest BCUT2D eigenvalue weighted by Gasteiger charge is -2.17. The molecule has 0 bridgehead atoms. The molecule has 0 spiro atoms. The molecule has 3 N–H and O–H groups in total. The van der Waals surface area contributed by atoms with E-state index in [1.165, 1.54) is 25.7 Å². The van der Waals surface area contributed by atoms with E-state index in [0.717, 1.165) is 25.1 Å². The molecule has 4 heteroatoms. The van der Waals surface area contributed by atoms with E-state index in [0.29, 0.717) is 17.9 Å². The Hall–Kier alpha value is -1.03. The predicted molar refractivity (Wildman–Crippen MR) is 74.5 cm³/mol. The van der Waals surface area contributed by atoms with Crippen molar-refractivity contribution in [2.24, 2.45) is 16.6 Å². The second-order valence-corrected chi connectivity index (χ2v) is 5.54. The van der Waals surface area contributed by atoms with Gasteiger partial charge in [-0.1, -0.05) is 25.0 Å². The molecular weight excluding hydrogens is 226 g/mol. The summed E-state index contributed by atoms with van der Waals surface area (Å²) >= 11 is 0. The summed E-state index contributed by atoms with van der Waals surface area (Å²) < 4.78 is 5.66. The maximum absolute atomic E-state index is 5.93. The van der Waals surface area contributed by atoms with Gasteiger partial charge in [0.25, 0.3) is 0 Å². The molecular formula is C14H25N3O. The van der Waals surface area contributed by atoms with E-state index in [4.69, 9.17) is 10.5 Å². The molecule has 0 aromatic heterocycles. The summed E-state index contributed by atoms with van der Waals surface area (Å²) in [6, 6.07) is 0.533. The van der Waals surface area contributed by atoms with Crippen LogP contribution in [0.1, 0.15) is 39.0 Å². The summed E-state index contributed by atoms with van der Waals surface area (Å²) in [4.78, 5) is 4.46. The largest absolute Gasteiger partial charge is 0.374 e. The van der Waals surface area contributed by atoms with Gasteiger partial charge in [0.15, 0.2) is 5.96 Å². The van der Waals surface area contributed by atoms with Gasteiger partial charge in [-0.15, -0.1) is 0 Å². The number of nitrogens with one attached hydrogen (secondary N) is 1. The average molecular weight is 251 g/mol. The Morgan fingerprint density at radius 3 is 2.78 bits per heavy atom. The van der Waals surface area contributed by atoms with Gasteiger partial charge in [-0.25, -0.2) is 0 Å². The van der Waals surface area contributed by atoms with Crippen LogP contribution in [0, 0.1) is 5.92 Å². The zero-order valence-corrected chi connectivity index (χ0v) is 11.3. The third-order valence-electron chi connectivity index (χ3n) is 3.90. The maximum atomic E-state index is 5.93. The number of hydrogen-bond acceptors (Lipinski definition) is 2. The Kier molecular flexibility index (Phi) is 4.64. The van der Waals surface area contributed by atoms with Crippen molar-refractivity contribution in [1.29, 1.82) is 0 Å². The van der Waals surface area contributed by atoms with Crippen molar-refractivity contribution in [3.05, 3.63) is 12.2 Å². The van der Waals surface area contributed by atoms with Crippen LogP contribution < -0.4 is 11.1 Å². The van der Waals surface area contributed by atoms with Gasteiger partial charge in [0.2, 0.25) is 0 Å². The zero-order chi connectivity index (χ0) is 13.0. The highest BCUT2D eigenvalue weighted by molar-refractivity contribution is 5.78. The molecule has 0 aromatic rings. The van der Waals surface area contributed by atoms with Crippen LogP contribution in [-0.2, 0) is 4.74 Å². The molecule has 18 heavy (non-hydrogen) atoms. The molecule has 102 valence electrons. The van der Waals surface area contributed by atoms with Gasteiger partial charge in [-0.3, -0.25) is 4.99 Å². The monoisotopic (exact) mass is 251 g/mol. The number of ether oxygens (including phenoxy) is 1. The summed E-state index contributed by atoms with van der Waals surface area (Å²) in [5.74, 6) is 1.03. The highest BCUT2D eigenvalue weighted by atomic mass is 16.5. The van der Waals surface area contributed by atoms with Crippen LogP contribution in [-0.4, -0.2) is 31.3 Å². The number of nitrogens with zero attached hydrogens (tertiary/aromatic N) is 1. The van der Waals surface area contributed by atoms with Gasteiger partial charge in [-0.2, -0.15) is 0 Å². The molecule has 4 nitrogen and oxygen atoms in total. The van der Waals surface area contributed by atoms with Crippen molar-refractivity contribution in [2.45, 2.75) is 51.2 Å². The van der Waals surface area contributed by atoms with E-state index in [1.807, 2.05) is 6.92 Å². The molecule has 1 saturated carbocycles. The summed E-state index contributed by atoms with van der Waals surface area (Å²) in [6.07, 6.45) is 6.26. The van der Waals surface area contributed by atoms with E-state index in [9.17, 15) is 0 Å². The first-order valence-corrected chi connectivity index (χ1v) is 7.00. The van der Waals surface area contributed by atoms with Crippen LogP contribution in [0.4, 0.5) is 0 Å². The number of guanidine groups is 1. The quantitative estimate of drug-likeness (QED) is 0.455. The second-order valence-electron chi connectivity index (χ2n) is 5.54. The summed E-state index contributed by atoms with van der Waals surface area (Å²) in [5.41, 5.74) is 7.02. The van der Waals surface area contributed by atoms with Gasteiger partial charge in [0.05, 0.1) is 6.10 Å². The van der Waals surface area contributed by atoms with Crippen LogP contribution in [0.2, 0.25) is 0 Å². The molecule has 2 unspecified atom stereocenters. The molecule has 1 aliphatic carbocycles. The summed E-state index contributed by atoms with van der Waals surface area (Å²) in [6.45, 7) is 7.55. The van der Waals surface area contributed by atoms with E-state index < -0.39 is 0 Å². The number of nitrogens with two attached hydrogens (primary N) is 1. The van der Waals surface area contributed by atoms with Gasteiger partial charge in [0, 0.05) is 25.1 Å². The maximum Gasteiger partial charge on any atom is 0.188 e. The number of rotatable bonds is 4. The first-order valence-electron chi connectivity index (χ1n) is 7.00. The molecule has 2 fully saturated rings. The smallest absolute Gasteiger partial charge is 0.188 e. The van der Waals surface area contributed by atoms with Crippen molar-refractivity contribution >= 4 is 5.96 Å². The van der Waals surface area contributed by atoms with Crippen molar-refractivity contribution in [2.75, 3.05) is 13.2 Å². The van der Waals surface area contributed by atoms with Crippen molar-refractivity contribution in [3.8, 4) is 0 Å². The van der Waals surface area contributed by atoms with Gasteiger partial charge >= 0.3 is 0 Å². The van der Waals surface area contributed by atoms with Crippen molar-refractivity contribution in [3.63, 3.8) is 0 Å². The first kappa shape index (κ1) is 13.4. The molecule has 0 radical (unpaired) electrons. The first-order chi connectivity index (χ1) is 8.66. The molecule has 2 rings (SSSR count). The minimum Gasteiger partial charge on any atom is -0.374 e. The third kappa shape index (κ3) is 3.48. The molecule has 0 aromatic carbocycles. The Morgan fingerprint density at radius 2 is 2.11 bits per heavy atom. The topological polar surface area (TPSA) is 59.6 Å². The van der Waals surface area contributed by atoms with E-state index in [2.05, 4.69) is 16.9 Å². The Balaban J connectivity index is 1.79. The fourth-order valence-electron chi connectivity index (χ4n) is 2.91. The van der Waals surface area contributed by atoms with Gasteiger partial charge < -0.3 is 15.8 Å². The Bertz CT molecular complexity index is 321. The normalized spacial score (nSPS) is 29.7. The highest BCUT2D eigenvalue weighted by Gasteiger charge is 2.28. The summed E-state index contributed by atoms with van der Waals surface area (Å²) in [7, 11) is 0. The minimum atomic E-state index is 0.160. The fourth-order valence-corrected chi connectivity index (χ4v) is 2.91. The molecule has 1 heterocycles. The Labute approximate surface area is 110 Å². The average Bonchev–Trinajstić information content (AvgIpc) is 2.96. The molecule has 1 aliphatic heterocycles. The molecule has 1 saturated heterocycles. The SMILES string of the molecule is C=C(C)C1OCCC1CN=C(N)NC1CCCC1. The standard InChI is InChI=1S/C14H25N3O/c1-10(2)13-11(7-8-18-13)9-16-14(15)17-12-5-3-4-6-12/h11-13H,1,3-9H2,2H3,(H3,15,16,17). The van der Waals surface area contributed by atoms with Crippen LogP contribution in [0.3, 0.4) is 0 Å². The lowest BCUT2D eigenvalue weighted by molar-refractivity contribution is 0.120. The van der Waals surface area contributed by atoms with Crippen LogP contribution in [0.25, 0.3) is 0 Å². The fraction of sp³-hybridized carbons (Fsp3) is 0.786. The molecule has 2 aliphatic rings. The molecule has 0 amide bonds. The lowest BCUT2D eigenvalue weighted by atomic mass is 9.97. The Morgan fingerprint density at radius 1 is 1.39 bits per heavy atom. The zero-order valence-electron chi connectivity index (χ0n) is 11.3. The van der Waals surface area contributed by atoms with Crippen LogP contribution in [0.5, 0.6) is 0 Å². The third-order valence-corrected chi connectivity index (χ3v) is 3.90. The van der Waals surface area contributed by atoms with E-state index in [1.54, 1.807) is 0 Å². The molecule has 2 atom stereocenters. The predicted octanol–water partition coefficient (Wildman–Crippen LogP) is 1.81. The lowest BCUT2D eigenvalue weighted by Crippen LogP contribution is -2.39. The van der Waals surface area contributed by atoms with Gasteiger partial charge in [-0.05, 0) is 26.2 Å². The van der Waals surface area contributed by atoms with Crippen LogP contribution >= 0.6 is 0 Å².